The Hall–Kier alpha value is -2.44. The standard InChI is InChI=1S/C21H24N2O4/c1-3-17-19(26-11-9-24-17)13-15(1)21(23-7-5-22-6-8-23)16-2-4-18-20(14-16)27-12-10-25-18/h1-4,13-14,21-22H,5-12H2. The molecule has 0 spiro atoms. The van der Waals surface area contributed by atoms with Gasteiger partial charge in [-0.05, 0) is 35.4 Å². The number of nitrogens with zero attached hydrogens (tertiary/aromatic N) is 1. The maximum Gasteiger partial charge on any atom is 0.161 e. The summed E-state index contributed by atoms with van der Waals surface area (Å²) in [7, 11) is 0. The van der Waals surface area contributed by atoms with Crippen molar-refractivity contribution in [3.63, 3.8) is 0 Å². The second-order valence-electron chi connectivity index (χ2n) is 6.99. The zero-order valence-corrected chi connectivity index (χ0v) is 15.3. The number of hydrogen-bond donors (Lipinski definition) is 1. The lowest BCUT2D eigenvalue weighted by Gasteiger charge is -2.36. The molecule has 1 fully saturated rings. The molecule has 0 unspecified atom stereocenters. The molecular weight excluding hydrogens is 344 g/mol. The lowest BCUT2D eigenvalue weighted by atomic mass is 9.95. The molecule has 0 bridgehead atoms. The molecule has 3 aliphatic rings. The van der Waals surface area contributed by atoms with E-state index in [-0.39, 0.29) is 6.04 Å². The summed E-state index contributed by atoms with van der Waals surface area (Å²) >= 11 is 0. The highest BCUT2D eigenvalue weighted by Crippen LogP contribution is 2.39. The Morgan fingerprint density at radius 3 is 1.67 bits per heavy atom. The Labute approximate surface area is 159 Å². The summed E-state index contributed by atoms with van der Waals surface area (Å²) in [5.41, 5.74) is 2.41. The molecule has 27 heavy (non-hydrogen) atoms. The van der Waals surface area contributed by atoms with Crippen LogP contribution in [0.5, 0.6) is 23.0 Å². The molecule has 1 N–H and O–H groups in total. The van der Waals surface area contributed by atoms with Crippen LogP contribution in [0.3, 0.4) is 0 Å². The van der Waals surface area contributed by atoms with Gasteiger partial charge in [-0.2, -0.15) is 0 Å². The molecule has 0 aliphatic carbocycles. The van der Waals surface area contributed by atoms with E-state index in [4.69, 9.17) is 18.9 Å². The summed E-state index contributed by atoms with van der Waals surface area (Å²) in [6.45, 7) is 6.38. The molecule has 6 heteroatoms. The van der Waals surface area contributed by atoms with Gasteiger partial charge in [0, 0.05) is 26.2 Å². The minimum Gasteiger partial charge on any atom is -0.486 e. The minimum atomic E-state index is 0.138. The molecule has 5 rings (SSSR count). The molecular formula is C21H24N2O4. The average molecular weight is 368 g/mol. The van der Waals surface area contributed by atoms with Crippen LogP contribution in [0, 0.1) is 0 Å². The van der Waals surface area contributed by atoms with E-state index in [2.05, 4.69) is 34.5 Å². The summed E-state index contributed by atoms with van der Waals surface area (Å²) < 4.78 is 23.1. The topological polar surface area (TPSA) is 52.2 Å². The smallest absolute Gasteiger partial charge is 0.161 e. The van der Waals surface area contributed by atoms with Crippen LogP contribution in [0.1, 0.15) is 17.2 Å². The zero-order valence-electron chi connectivity index (χ0n) is 15.3. The van der Waals surface area contributed by atoms with E-state index in [0.29, 0.717) is 26.4 Å². The maximum atomic E-state index is 5.83. The van der Waals surface area contributed by atoms with E-state index in [9.17, 15) is 0 Å². The van der Waals surface area contributed by atoms with Gasteiger partial charge >= 0.3 is 0 Å². The van der Waals surface area contributed by atoms with Crippen LogP contribution in [0.4, 0.5) is 0 Å². The fraction of sp³-hybridized carbons (Fsp3) is 0.429. The van der Waals surface area contributed by atoms with Gasteiger partial charge in [0.1, 0.15) is 26.4 Å². The number of fused-ring (bicyclic) bond motifs is 2. The number of nitrogens with one attached hydrogen (secondary N) is 1. The van der Waals surface area contributed by atoms with E-state index in [1.165, 1.54) is 11.1 Å². The maximum absolute atomic E-state index is 5.83. The lowest BCUT2D eigenvalue weighted by Crippen LogP contribution is -2.45. The fourth-order valence-electron chi connectivity index (χ4n) is 4.01. The van der Waals surface area contributed by atoms with Crippen molar-refractivity contribution in [1.82, 2.24) is 10.2 Å². The average Bonchev–Trinajstić information content (AvgIpc) is 2.74. The van der Waals surface area contributed by atoms with Crippen LogP contribution in [0.25, 0.3) is 0 Å². The van der Waals surface area contributed by atoms with E-state index in [1.807, 2.05) is 12.1 Å². The Morgan fingerprint density at radius 1 is 0.667 bits per heavy atom. The fourth-order valence-corrected chi connectivity index (χ4v) is 4.01. The highest BCUT2D eigenvalue weighted by atomic mass is 16.6. The minimum absolute atomic E-state index is 0.138. The molecule has 3 aliphatic heterocycles. The first kappa shape index (κ1) is 16.7. The second kappa shape index (κ2) is 7.29. The first-order valence-electron chi connectivity index (χ1n) is 9.62. The first-order chi connectivity index (χ1) is 13.4. The second-order valence-corrected chi connectivity index (χ2v) is 6.99. The molecule has 0 atom stereocenters. The van der Waals surface area contributed by atoms with E-state index in [1.54, 1.807) is 0 Å². The molecule has 0 amide bonds. The van der Waals surface area contributed by atoms with E-state index >= 15 is 0 Å². The molecule has 0 saturated carbocycles. The summed E-state index contributed by atoms with van der Waals surface area (Å²) in [6, 6.07) is 12.7. The number of piperazine rings is 1. The van der Waals surface area contributed by atoms with Crippen molar-refractivity contribution < 1.29 is 18.9 Å². The van der Waals surface area contributed by atoms with Crippen LogP contribution >= 0.6 is 0 Å². The van der Waals surface area contributed by atoms with Gasteiger partial charge in [0.25, 0.3) is 0 Å². The van der Waals surface area contributed by atoms with Crippen molar-refractivity contribution in [1.29, 1.82) is 0 Å². The van der Waals surface area contributed by atoms with Crippen molar-refractivity contribution in [2.24, 2.45) is 0 Å². The van der Waals surface area contributed by atoms with Gasteiger partial charge in [0.05, 0.1) is 6.04 Å². The highest BCUT2D eigenvalue weighted by molar-refractivity contribution is 5.50. The molecule has 0 radical (unpaired) electrons. The predicted octanol–water partition coefficient (Wildman–Crippen LogP) is 2.22. The number of ether oxygens (including phenoxy) is 4. The Bertz CT molecular complexity index is 760. The summed E-state index contributed by atoms with van der Waals surface area (Å²) in [5.74, 6) is 3.31. The molecule has 0 aromatic heterocycles. The number of hydrogen-bond acceptors (Lipinski definition) is 6. The molecule has 3 heterocycles. The van der Waals surface area contributed by atoms with E-state index in [0.717, 1.165) is 49.2 Å². The molecule has 6 nitrogen and oxygen atoms in total. The van der Waals surface area contributed by atoms with Crippen molar-refractivity contribution in [2.45, 2.75) is 6.04 Å². The molecule has 1 saturated heterocycles. The third kappa shape index (κ3) is 3.31. The summed E-state index contributed by atoms with van der Waals surface area (Å²) in [5, 5.41) is 3.44. The van der Waals surface area contributed by atoms with Crippen molar-refractivity contribution in [3.8, 4) is 23.0 Å². The van der Waals surface area contributed by atoms with Crippen molar-refractivity contribution in [3.05, 3.63) is 47.5 Å². The van der Waals surface area contributed by atoms with Gasteiger partial charge in [0.15, 0.2) is 23.0 Å². The third-order valence-electron chi connectivity index (χ3n) is 5.28. The number of rotatable bonds is 3. The number of benzene rings is 2. The van der Waals surface area contributed by atoms with Gasteiger partial charge in [-0.3, -0.25) is 4.90 Å². The van der Waals surface area contributed by atoms with Gasteiger partial charge in [-0.25, -0.2) is 0 Å². The first-order valence-corrected chi connectivity index (χ1v) is 9.62. The van der Waals surface area contributed by atoms with Crippen molar-refractivity contribution >= 4 is 0 Å². The third-order valence-corrected chi connectivity index (χ3v) is 5.28. The molecule has 2 aromatic rings. The normalized spacial score (nSPS) is 19.1. The monoisotopic (exact) mass is 368 g/mol. The highest BCUT2D eigenvalue weighted by Gasteiger charge is 2.27. The Kier molecular flexibility index (Phi) is 4.51. The van der Waals surface area contributed by atoms with E-state index < -0.39 is 0 Å². The SMILES string of the molecule is c1cc2c(cc1C(c1ccc3c(c1)OCCO3)N1CCNCC1)OCCO2. The summed E-state index contributed by atoms with van der Waals surface area (Å²) in [4.78, 5) is 2.51. The van der Waals surface area contributed by atoms with Gasteiger partial charge in [-0.15, -0.1) is 0 Å². The quantitative estimate of drug-likeness (QED) is 0.897. The van der Waals surface area contributed by atoms with Gasteiger partial charge in [-0.1, -0.05) is 12.1 Å². The van der Waals surface area contributed by atoms with Crippen LogP contribution in [-0.2, 0) is 0 Å². The Morgan fingerprint density at radius 2 is 1.15 bits per heavy atom. The van der Waals surface area contributed by atoms with Gasteiger partial charge < -0.3 is 24.3 Å². The Balaban J connectivity index is 1.55. The lowest BCUT2D eigenvalue weighted by molar-refractivity contribution is 0.167. The zero-order chi connectivity index (χ0) is 18.1. The van der Waals surface area contributed by atoms with Gasteiger partial charge in [0.2, 0.25) is 0 Å². The van der Waals surface area contributed by atoms with Crippen molar-refractivity contribution in [2.75, 3.05) is 52.6 Å². The predicted molar refractivity (Wildman–Crippen MR) is 101 cm³/mol. The van der Waals surface area contributed by atoms with Crippen LogP contribution < -0.4 is 24.3 Å². The van der Waals surface area contributed by atoms with Crippen LogP contribution in [-0.4, -0.2) is 57.5 Å². The van der Waals surface area contributed by atoms with Crippen LogP contribution in [0.2, 0.25) is 0 Å². The largest absolute Gasteiger partial charge is 0.486 e. The molecule has 142 valence electrons. The summed E-state index contributed by atoms with van der Waals surface area (Å²) in [6.07, 6.45) is 0. The van der Waals surface area contributed by atoms with Crippen LogP contribution in [0.15, 0.2) is 36.4 Å². The molecule has 2 aromatic carbocycles.